The highest BCUT2D eigenvalue weighted by molar-refractivity contribution is 7.89. The van der Waals surface area contributed by atoms with Gasteiger partial charge in [0.2, 0.25) is 10.0 Å². The molecular weight excluding hydrogens is 513 g/mol. The Labute approximate surface area is 222 Å². The third-order valence-electron chi connectivity index (χ3n) is 7.55. The second kappa shape index (κ2) is 11.9. The average Bonchev–Trinajstić information content (AvgIpc) is 3.60. The molecule has 1 N–H and O–H groups in total. The maximum atomic E-state index is 13.2. The van der Waals surface area contributed by atoms with Crippen LogP contribution in [-0.4, -0.2) is 35.8 Å². The van der Waals surface area contributed by atoms with Gasteiger partial charge in [-0.1, -0.05) is 57.2 Å². The fraction of sp³-hybridized carbons (Fsp3) is 0.464. The molecule has 1 atom stereocenters. The number of sulfonamides is 1. The maximum Gasteiger partial charge on any atom is 0.416 e. The Balaban J connectivity index is 0.000000417. The molecule has 0 bridgehead atoms. The summed E-state index contributed by atoms with van der Waals surface area (Å²) < 4.78 is 66.3. The molecular formula is C28H35F3N4O2S. The zero-order valence-electron chi connectivity index (χ0n) is 21.8. The van der Waals surface area contributed by atoms with E-state index in [1.165, 1.54) is 36.4 Å². The van der Waals surface area contributed by atoms with Gasteiger partial charge >= 0.3 is 6.18 Å². The summed E-state index contributed by atoms with van der Waals surface area (Å²) in [6, 6.07) is 11.1. The van der Waals surface area contributed by atoms with Crippen LogP contribution in [0.3, 0.4) is 0 Å². The molecule has 0 spiro atoms. The van der Waals surface area contributed by atoms with Crippen LogP contribution in [-0.2, 0) is 22.7 Å². The van der Waals surface area contributed by atoms with E-state index in [1.54, 1.807) is 12.5 Å². The van der Waals surface area contributed by atoms with Crippen molar-refractivity contribution in [2.75, 3.05) is 18.0 Å². The highest BCUT2D eigenvalue weighted by atomic mass is 32.2. The molecule has 38 heavy (non-hydrogen) atoms. The molecule has 2 aromatic carbocycles. The Bertz CT molecular complexity index is 1270. The van der Waals surface area contributed by atoms with Crippen molar-refractivity contribution in [2.24, 2.45) is 5.92 Å². The number of anilines is 1. The normalized spacial score (nSPS) is 17.9. The molecule has 1 fully saturated rings. The maximum absolute atomic E-state index is 13.2. The lowest BCUT2D eigenvalue weighted by molar-refractivity contribution is -0.137. The molecule has 1 aromatic heterocycles. The minimum atomic E-state index is -4.52. The van der Waals surface area contributed by atoms with Crippen LogP contribution >= 0.6 is 0 Å². The first-order chi connectivity index (χ1) is 18.1. The second-order valence-corrected chi connectivity index (χ2v) is 11.9. The number of H-pyrrole nitrogens is 1. The molecule has 0 radical (unpaired) electrons. The third-order valence-corrected chi connectivity index (χ3v) is 9.41. The fourth-order valence-electron chi connectivity index (χ4n) is 5.19. The summed E-state index contributed by atoms with van der Waals surface area (Å²) in [6.07, 6.45) is 6.24. The van der Waals surface area contributed by atoms with Crippen LogP contribution in [0.4, 0.5) is 18.9 Å². The highest BCUT2D eigenvalue weighted by Gasteiger charge is 2.33. The Morgan fingerprint density at radius 2 is 1.74 bits per heavy atom. The highest BCUT2D eigenvalue weighted by Crippen LogP contribution is 2.34. The van der Waals surface area contributed by atoms with Gasteiger partial charge in [0.15, 0.2) is 0 Å². The lowest BCUT2D eigenvalue weighted by Crippen LogP contribution is -2.36. The first kappa shape index (κ1) is 28.2. The number of alkyl halides is 3. The van der Waals surface area contributed by atoms with Gasteiger partial charge in [0, 0.05) is 25.3 Å². The molecule has 2 heterocycles. The topological polar surface area (TPSA) is 69.3 Å². The number of hydrogen-bond donors (Lipinski definition) is 1. The van der Waals surface area contributed by atoms with E-state index < -0.39 is 21.8 Å². The number of aromatic nitrogens is 2. The molecule has 1 unspecified atom stereocenters. The third kappa shape index (κ3) is 6.40. The Morgan fingerprint density at radius 1 is 1.05 bits per heavy atom. The van der Waals surface area contributed by atoms with Crippen molar-refractivity contribution in [1.82, 2.24) is 14.3 Å². The molecule has 0 saturated heterocycles. The number of nitrogens with one attached hydrogen (secondary N) is 1. The Hall–Kier alpha value is -2.85. The number of fused-ring (bicyclic) bond motifs is 1. The molecule has 1 aliphatic heterocycles. The number of aromatic amines is 1. The smallest absolute Gasteiger partial charge is 0.362 e. The van der Waals surface area contributed by atoms with E-state index in [0.717, 1.165) is 47.1 Å². The summed E-state index contributed by atoms with van der Waals surface area (Å²) in [6.45, 7) is 5.04. The van der Waals surface area contributed by atoms with Crippen LogP contribution < -0.4 is 4.90 Å². The van der Waals surface area contributed by atoms with E-state index in [1.807, 2.05) is 31.2 Å². The van der Waals surface area contributed by atoms with E-state index in [2.05, 4.69) is 21.8 Å². The molecule has 3 aromatic rings. The molecule has 1 saturated carbocycles. The van der Waals surface area contributed by atoms with Crippen molar-refractivity contribution in [3.8, 4) is 0 Å². The van der Waals surface area contributed by atoms with Crippen LogP contribution in [0.5, 0.6) is 0 Å². The fourth-order valence-corrected chi connectivity index (χ4v) is 6.60. The standard InChI is InChI=1S/C21H21F3N4O2S.C7H14/c1-15(19-12-25-14-26-19)28-11-10-27(13-16-4-2-3-5-20(16)28)31(29,30)18-8-6-17(7-9-18)21(22,23)24;1-2-7-5-3-4-6-7/h2-9,12,14-15H,10-11,13H2,1H3,(H,25,26);7H,2-6H2,1H3. The van der Waals surface area contributed by atoms with Gasteiger partial charge in [-0.05, 0) is 48.7 Å². The van der Waals surface area contributed by atoms with Crippen LogP contribution in [0, 0.1) is 5.92 Å². The van der Waals surface area contributed by atoms with Gasteiger partial charge in [-0.3, -0.25) is 0 Å². The molecule has 2 aliphatic rings. The lowest BCUT2D eigenvalue weighted by Gasteiger charge is -2.30. The van der Waals surface area contributed by atoms with Gasteiger partial charge in [-0.25, -0.2) is 13.4 Å². The Kier molecular flexibility index (Phi) is 8.82. The molecule has 206 valence electrons. The molecule has 6 nitrogen and oxygen atoms in total. The summed E-state index contributed by atoms with van der Waals surface area (Å²) in [5.41, 5.74) is 1.75. The summed E-state index contributed by atoms with van der Waals surface area (Å²) >= 11 is 0. The number of rotatable bonds is 5. The number of imidazole rings is 1. The summed E-state index contributed by atoms with van der Waals surface area (Å²) in [5.74, 6) is 1.10. The van der Waals surface area contributed by atoms with Crippen LogP contribution in [0.1, 0.15) is 68.8 Å². The number of nitrogens with zero attached hydrogens (tertiary/aromatic N) is 3. The predicted octanol–water partition coefficient (Wildman–Crippen LogP) is 6.79. The van der Waals surface area contributed by atoms with Crippen molar-refractivity contribution in [1.29, 1.82) is 0 Å². The zero-order valence-corrected chi connectivity index (χ0v) is 22.6. The van der Waals surface area contributed by atoms with Gasteiger partial charge in [0.05, 0.1) is 34.7 Å². The summed E-state index contributed by atoms with van der Waals surface area (Å²) in [7, 11) is -3.97. The van der Waals surface area contributed by atoms with Crippen molar-refractivity contribution in [2.45, 2.75) is 69.6 Å². The number of para-hydroxylation sites is 1. The minimum Gasteiger partial charge on any atom is -0.362 e. The zero-order chi connectivity index (χ0) is 27.3. The summed E-state index contributed by atoms with van der Waals surface area (Å²) in [5, 5.41) is 0. The molecule has 5 rings (SSSR count). The molecule has 1 aliphatic carbocycles. The first-order valence-corrected chi connectivity index (χ1v) is 14.6. The quantitative estimate of drug-likeness (QED) is 0.381. The van der Waals surface area contributed by atoms with Crippen molar-refractivity contribution in [3.63, 3.8) is 0 Å². The average molecular weight is 549 g/mol. The van der Waals surface area contributed by atoms with Crippen molar-refractivity contribution in [3.05, 3.63) is 77.9 Å². The van der Waals surface area contributed by atoms with Gasteiger partial charge in [0.1, 0.15) is 0 Å². The largest absolute Gasteiger partial charge is 0.416 e. The van der Waals surface area contributed by atoms with Crippen LogP contribution in [0.25, 0.3) is 0 Å². The monoisotopic (exact) mass is 548 g/mol. The van der Waals surface area contributed by atoms with Crippen molar-refractivity contribution >= 4 is 15.7 Å². The minimum absolute atomic E-state index is 0.0719. The predicted molar refractivity (Wildman–Crippen MR) is 142 cm³/mol. The molecule has 10 heteroatoms. The van der Waals surface area contributed by atoms with Crippen LogP contribution in [0.2, 0.25) is 0 Å². The van der Waals surface area contributed by atoms with Crippen molar-refractivity contribution < 1.29 is 21.6 Å². The van der Waals surface area contributed by atoms with Gasteiger partial charge in [-0.2, -0.15) is 17.5 Å². The van der Waals surface area contributed by atoms with Gasteiger partial charge in [-0.15, -0.1) is 0 Å². The van der Waals surface area contributed by atoms with E-state index in [9.17, 15) is 21.6 Å². The number of hydrogen-bond acceptors (Lipinski definition) is 4. The van der Waals surface area contributed by atoms with E-state index in [4.69, 9.17) is 0 Å². The second-order valence-electron chi connectivity index (χ2n) is 9.92. The summed E-state index contributed by atoms with van der Waals surface area (Å²) in [4.78, 5) is 9.10. The van der Waals surface area contributed by atoms with E-state index in [-0.39, 0.29) is 24.0 Å². The van der Waals surface area contributed by atoms with Gasteiger partial charge < -0.3 is 9.88 Å². The first-order valence-electron chi connectivity index (χ1n) is 13.1. The number of halogens is 3. The SMILES string of the molecule is CC(c1cnc[nH]1)N1CCN(S(=O)(=O)c2ccc(C(F)(F)F)cc2)Cc2ccccc21.CCC1CCCC1. The lowest BCUT2D eigenvalue weighted by atomic mass is 10.1. The molecule has 0 amide bonds. The van der Waals surface area contributed by atoms with Gasteiger partial charge in [0.25, 0.3) is 0 Å². The number of benzene rings is 2. The van der Waals surface area contributed by atoms with E-state index in [0.29, 0.717) is 6.54 Å². The van der Waals surface area contributed by atoms with E-state index >= 15 is 0 Å². The Morgan fingerprint density at radius 3 is 2.32 bits per heavy atom. The van der Waals surface area contributed by atoms with Crippen LogP contribution in [0.15, 0.2) is 66.0 Å².